The van der Waals surface area contributed by atoms with Crippen LogP contribution in [0.15, 0.2) is 28.8 Å². The summed E-state index contributed by atoms with van der Waals surface area (Å²) < 4.78 is 15.0. The van der Waals surface area contributed by atoms with Gasteiger partial charge >= 0.3 is 5.97 Å². The molecule has 1 aromatic carbocycles. The van der Waals surface area contributed by atoms with E-state index in [4.69, 9.17) is 14.0 Å². The molecule has 0 spiro atoms. The quantitative estimate of drug-likeness (QED) is 0.730. The van der Waals surface area contributed by atoms with Gasteiger partial charge in [0.1, 0.15) is 12.3 Å². The number of esters is 1. The summed E-state index contributed by atoms with van der Waals surface area (Å²) in [6.45, 7) is 1.60. The molecule has 0 fully saturated rings. The Kier molecular flexibility index (Phi) is 6.30. The van der Waals surface area contributed by atoms with Crippen molar-refractivity contribution in [1.82, 2.24) is 15.5 Å². The van der Waals surface area contributed by atoms with Gasteiger partial charge in [-0.1, -0.05) is 24.2 Å². The highest BCUT2D eigenvalue weighted by Crippen LogP contribution is 2.16. The Morgan fingerprint density at radius 3 is 2.83 bits per heavy atom. The number of para-hydroxylation sites is 1. The number of amides is 1. The molecule has 1 amide bonds. The zero-order chi connectivity index (χ0) is 17.4. The zero-order valence-corrected chi connectivity index (χ0v) is 13.6. The molecule has 0 aliphatic rings. The molecule has 2 aromatic rings. The van der Waals surface area contributed by atoms with E-state index in [-0.39, 0.29) is 19.0 Å². The van der Waals surface area contributed by atoms with Gasteiger partial charge in [0.2, 0.25) is 0 Å². The van der Waals surface area contributed by atoms with Crippen LogP contribution in [0.1, 0.15) is 35.4 Å². The van der Waals surface area contributed by atoms with E-state index in [0.29, 0.717) is 23.6 Å². The third kappa shape index (κ3) is 4.80. The number of aromatic nitrogens is 2. The van der Waals surface area contributed by atoms with E-state index in [1.165, 1.54) is 7.11 Å². The molecule has 24 heavy (non-hydrogen) atoms. The predicted molar refractivity (Wildman–Crippen MR) is 83.4 cm³/mol. The van der Waals surface area contributed by atoms with Gasteiger partial charge in [0.15, 0.2) is 12.4 Å². The summed E-state index contributed by atoms with van der Waals surface area (Å²) in [5.41, 5.74) is 0.342. The van der Waals surface area contributed by atoms with Crippen molar-refractivity contribution < 1.29 is 23.6 Å². The molecule has 0 aliphatic carbocycles. The molecule has 1 N–H and O–H groups in total. The Morgan fingerprint density at radius 2 is 2.08 bits per heavy atom. The summed E-state index contributed by atoms with van der Waals surface area (Å²) >= 11 is 0. The molecule has 8 nitrogen and oxygen atoms in total. The lowest BCUT2D eigenvalue weighted by Gasteiger charge is -2.08. The largest absolute Gasteiger partial charge is 0.496 e. The van der Waals surface area contributed by atoms with Gasteiger partial charge in [-0.3, -0.25) is 9.59 Å². The lowest BCUT2D eigenvalue weighted by Crippen LogP contribution is -2.30. The van der Waals surface area contributed by atoms with Gasteiger partial charge in [-0.05, 0) is 18.6 Å². The van der Waals surface area contributed by atoms with Crippen molar-refractivity contribution in [3.05, 3.63) is 41.5 Å². The second-order valence-electron chi connectivity index (χ2n) is 4.90. The molecule has 8 heteroatoms. The summed E-state index contributed by atoms with van der Waals surface area (Å²) in [6.07, 6.45) is 1.60. The van der Waals surface area contributed by atoms with Gasteiger partial charge in [-0.2, -0.15) is 4.98 Å². The maximum Gasteiger partial charge on any atom is 0.325 e. The van der Waals surface area contributed by atoms with Crippen molar-refractivity contribution in [3.8, 4) is 5.75 Å². The predicted octanol–water partition coefficient (Wildman–Crippen LogP) is 1.50. The van der Waals surface area contributed by atoms with Crippen molar-refractivity contribution in [3.63, 3.8) is 0 Å². The van der Waals surface area contributed by atoms with E-state index < -0.39 is 11.9 Å². The van der Waals surface area contributed by atoms with Crippen LogP contribution >= 0.6 is 0 Å². The number of ether oxygens (including phenoxy) is 2. The number of hydrogen-bond donors (Lipinski definition) is 1. The Balaban J connectivity index is 1.79. The van der Waals surface area contributed by atoms with Crippen molar-refractivity contribution in [2.24, 2.45) is 0 Å². The third-order valence-electron chi connectivity index (χ3n) is 3.09. The third-order valence-corrected chi connectivity index (χ3v) is 3.09. The SMILES string of the molecule is CCCc1noc(COC(=O)CNC(=O)c2ccccc2OC)n1. The standard InChI is InChI=1S/C16H19N3O5/c1-3-6-13-18-14(24-19-13)10-23-15(20)9-17-16(21)11-7-4-5-8-12(11)22-2/h4-5,7-8H,3,6,9-10H2,1-2H3,(H,17,21). The van der Waals surface area contributed by atoms with Crippen LogP contribution in [0.3, 0.4) is 0 Å². The smallest absolute Gasteiger partial charge is 0.325 e. The number of methoxy groups -OCH3 is 1. The number of hydrogen-bond acceptors (Lipinski definition) is 7. The van der Waals surface area contributed by atoms with Crippen molar-refractivity contribution in [1.29, 1.82) is 0 Å². The van der Waals surface area contributed by atoms with Gasteiger partial charge in [0, 0.05) is 6.42 Å². The molecule has 1 aromatic heterocycles. The fourth-order valence-electron chi connectivity index (χ4n) is 1.95. The highest BCUT2D eigenvalue weighted by Gasteiger charge is 2.14. The van der Waals surface area contributed by atoms with Crippen LogP contribution in [-0.4, -0.2) is 35.7 Å². The second kappa shape index (κ2) is 8.66. The van der Waals surface area contributed by atoms with Crippen LogP contribution in [0.25, 0.3) is 0 Å². The number of rotatable bonds is 8. The van der Waals surface area contributed by atoms with Crippen LogP contribution in [0.4, 0.5) is 0 Å². The first kappa shape index (κ1) is 17.5. The minimum atomic E-state index is -0.603. The van der Waals surface area contributed by atoms with E-state index in [1.54, 1.807) is 24.3 Å². The van der Waals surface area contributed by atoms with Crippen LogP contribution in [0.2, 0.25) is 0 Å². The number of carbonyl (C=O) groups excluding carboxylic acids is 2. The molecule has 0 unspecified atom stereocenters. The van der Waals surface area contributed by atoms with Crippen molar-refractivity contribution in [2.45, 2.75) is 26.4 Å². The molecule has 0 bridgehead atoms. The van der Waals surface area contributed by atoms with E-state index in [9.17, 15) is 9.59 Å². The number of nitrogens with zero attached hydrogens (tertiary/aromatic N) is 2. The minimum absolute atomic E-state index is 0.125. The molecule has 2 rings (SSSR count). The van der Waals surface area contributed by atoms with Gasteiger partial charge in [-0.15, -0.1) is 0 Å². The molecular formula is C16H19N3O5. The molecule has 0 radical (unpaired) electrons. The van der Waals surface area contributed by atoms with Gasteiger partial charge in [-0.25, -0.2) is 0 Å². The maximum absolute atomic E-state index is 12.0. The minimum Gasteiger partial charge on any atom is -0.496 e. The second-order valence-corrected chi connectivity index (χ2v) is 4.90. The summed E-state index contributed by atoms with van der Waals surface area (Å²) in [6, 6.07) is 6.73. The maximum atomic E-state index is 12.0. The average Bonchev–Trinajstić information content (AvgIpc) is 3.05. The van der Waals surface area contributed by atoms with Gasteiger partial charge < -0.3 is 19.3 Å². The Hall–Kier alpha value is -2.90. The molecule has 0 atom stereocenters. The molecule has 0 saturated carbocycles. The van der Waals surface area contributed by atoms with Crippen LogP contribution in [0, 0.1) is 0 Å². The van der Waals surface area contributed by atoms with Crippen LogP contribution in [-0.2, 0) is 22.6 Å². The molecule has 128 valence electrons. The highest BCUT2D eigenvalue weighted by molar-refractivity contribution is 5.98. The number of nitrogens with one attached hydrogen (secondary N) is 1. The van der Waals surface area contributed by atoms with Crippen LogP contribution < -0.4 is 10.1 Å². The van der Waals surface area contributed by atoms with E-state index in [0.717, 1.165) is 6.42 Å². The summed E-state index contributed by atoms with van der Waals surface area (Å²) in [7, 11) is 1.47. The first-order valence-electron chi connectivity index (χ1n) is 7.52. The van der Waals surface area contributed by atoms with Gasteiger partial charge in [0.05, 0.1) is 12.7 Å². The lowest BCUT2D eigenvalue weighted by atomic mass is 10.2. The zero-order valence-electron chi connectivity index (χ0n) is 13.6. The number of benzene rings is 1. The molecular weight excluding hydrogens is 314 g/mol. The number of carbonyl (C=O) groups is 2. The Morgan fingerprint density at radius 1 is 1.29 bits per heavy atom. The molecule has 0 aliphatic heterocycles. The average molecular weight is 333 g/mol. The topological polar surface area (TPSA) is 104 Å². The van der Waals surface area contributed by atoms with E-state index >= 15 is 0 Å². The van der Waals surface area contributed by atoms with Crippen LogP contribution in [0.5, 0.6) is 5.75 Å². The van der Waals surface area contributed by atoms with Crippen molar-refractivity contribution >= 4 is 11.9 Å². The normalized spacial score (nSPS) is 10.2. The molecule has 0 saturated heterocycles. The van der Waals surface area contributed by atoms with E-state index in [2.05, 4.69) is 15.5 Å². The Bertz CT molecular complexity index is 699. The fourth-order valence-corrected chi connectivity index (χ4v) is 1.95. The first-order valence-corrected chi connectivity index (χ1v) is 7.52. The monoisotopic (exact) mass is 333 g/mol. The summed E-state index contributed by atoms with van der Waals surface area (Å²) in [5.74, 6) is 0.203. The Labute approximate surface area is 139 Å². The van der Waals surface area contributed by atoms with Gasteiger partial charge in [0.25, 0.3) is 11.8 Å². The number of aryl methyl sites for hydroxylation is 1. The first-order chi connectivity index (χ1) is 11.6. The summed E-state index contributed by atoms with van der Waals surface area (Å²) in [4.78, 5) is 27.8. The fraction of sp³-hybridized carbons (Fsp3) is 0.375. The lowest BCUT2D eigenvalue weighted by molar-refractivity contribution is -0.144. The van der Waals surface area contributed by atoms with E-state index in [1.807, 2.05) is 6.92 Å². The van der Waals surface area contributed by atoms with Crippen molar-refractivity contribution in [2.75, 3.05) is 13.7 Å². The summed E-state index contributed by atoms with van der Waals surface area (Å²) in [5, 5.41) is 6.23. The molecule has 1 heterocycles. The highest BCUT2D eigenvalue weighted by atomic mass is 16.6.